The molecule has 0 radical (unpaired) electrons. The summed E-state index contributed by atoms with van der Waals surface area (Å²) in [6, 6.07) is 51.0. The topological polar surface area (TPSA) is 64.5 Å². The molecule has 240 valence electrons. The van der Waals surface area contributed by atoms with E-state index in [0.717, 1.165) is 77.7 Å². The predicted molar refractivity (Wildman–Crippen MR) is 213 cm³/mol. The lowest BCUT2D eigenvalue weighted by Crippen LogP contribution is -1.93. The van der Waals surface area contributed by atoms with Gasteiger partial charge in [0.15, 0.2) is 0 Å². The molecule has 0 unspecified atom stereocenters. The van der Waals surface area contributed by atoms with Gasteiger partial charge in [0, 0.05) is 51.4 Å². The van der Waals surface area contributed by atoms with Gasteiger partial charge >= 0.3 is 0 Å². The summed E-state index contributed by atoms with van der Waals surface area (Å²) in [6.07, 6.45) is 5.69. The standard InChI is InChI=1S/C47H27N5/c1-2-6-39-32(5-1)25-34(27-50-39)40-21-16-33(26-49-40)35-17-10-28-13-20-38-36(18-11-29-12-19-37(35)44(28)45(29)38)41-22-14-30-8-9-31-15-23-43(42-7-3-4-24-48-42)52-47(31)46(30)51-41/h1-27H. The Morgan fingerprint density at radius 3 is 1.71 bits per heavy atom. The van der Waals surface area contributed by atoms with Crippen LogP contribution in [0.25, 0.3) is 110 Å². The van der Waals surface area contributed by atoms with Gasteiger partial charge in [-0.1, -0.05) is 103 Å². The van der Waals surface area contributed by atoms with Crippen LogP contribution in [0.15, 0.2) is 164 Å². The highest BCUT2D eigenvalue weighted by atomic mass is 14.8. The maximum absolute atomic E-state index is 5.31. The van der Waals surface area contributed by atoms with Crippen LogP contribution < -0.4 is 0 Å². The van der Waals surface area contributed by atoms with Crippen molar-refractivity contribution in [3.8, 4) is 45.0 Å². The lowest BCUT2D eigenvalue weighted by molar-refractivity contribution is 1.27. The van der Waals surface area contributed by atoms with Crippen molar-refractivity contribution in [1.29, 1.82) is 0 Å². The van der Waals surface area contributed by atoms with Gasteiger partial charge in [0.1, 0.15) is 0 Å². The minimum Gasteiger partial charge on any atom is -0.256 e. The normalized spacial score (nSPS) is 11.8. The first-order valence-corrected chi connectivity index (χ1v) is 17.4. The van der Waals surface area contributed by atoms with Gasteiger partial charge in [-0.05, 0) is 80.3 Å². The van der Waals surface area contributed by atoms with Crippen LogP contribution in [0.2, 0.25) is 0 Å². The lowest BCUT2D eigenvalue weighted by Gasteiger charge is -2.16. The first kappa shape index (κ1) is 28.7. The number of aromatic nitrogens is 5. The number of rotatable bonds is 4. The predicted octanol–water partition coefficient (Wildman–Crippen LogP) is 11.7. The van der Waals surface area contributed by atoms with Crippen LogP contribution in [-0.4, -0.2) is 24.9 Å². The van der Waals surface area contributed by atoms with E-state index in [1.807, 2.05) is 54.9 Å². The molecule has 11 aromatic rings. The maximum atomic E-state index is 5.31. The number of fused-ring (bicyclic) bond motifs is 4. The third kappa shape index (κ3) is 4.46. The minimum atomic E-state index is 0.835. The molecule has 0 amide bonds. The molecule has 5 aromatic heterocycles. The summed E-state index contributed by atoms with van der Waals surface area (Å²) in [5.41, 5.74) is 10.6. The molecule has 0 saturated carbocycles. The third-order valence-corrected chi connectivity index (χ3v) is 10.3. The third-order valence-electron chi connectivity index (χ3n) is 10.3. The summed E-state index contributed by atoms with van der Waals surface area (Å²) >= 11 is 0. The van der Waals surface area contributed by atoms with Crippen molar-refractivity contribution in [2.45, 2.75) is 0 Å². The molecule has 5 heteroatoms. The summed E-state index contributed by atoms with van der Waals surface area (Å²) in [4.78, 5) is 24.5. The zero-order valence-corrected chi connectivity index (χ0v) is 27.8. The molecule has 0 fully saturated rings. The Labute approximate surface area is 298 Å². The van der Waals surface area contributed by atoms with E-state index in [4.69, 9.17) is 15.0 Å². The van der Waals surface area contributed by atoms with Crippen LogP contribution >= 0.6 is 0 Å². The van der Waals surface area contributed by atoms with E-state index >= 15 is 0 Å². The van der Waals surface area contributed by atoms with Crippen molar-refractivity contribution in [3.05, 3.63) is 164 Å². The average Bonchev–Trinajstić information content (AvgIpc) is 3.22. The second kappa shape index (κ2) is 11.2. The Morgan fingerprint density at radius 1 is 0.346 bits per heavy atom. The van der Waals surface area contributed by atoms with Crippen LogP contribution in [0.5, 0.6) is 0 Å². The Kier molecular flexibility index (Phi) is 6.18. The highest BCUT2D eigenvalue weighted by Crippen LogP contribution is 2.42. The van der Waals surface area contributed by atoms with Gasteiger partial charge in [0.2, 0.25) is 0 Å². The molecule has 0 atom stereocenters. The Bertz CT molecular complexity index is 3170. The van der Waals surface area contributed by atoms with Gasteiger partial charge in [-0.3, -0.25) is 15.0 Å². The number of para-hydroxylation sites is 1. The molecule has 6 aromatic carbocycles. The lowest BCUT2D eigenvalue weighted by atomic mass is 9.88. The van der Waals surface area contributed by atoms with E-state index in [9.17, 15) is 0 Å². The molecule has 11 rings (SSSR count). The fourth-order valence-corrected chi connectivity index (χ4v) is 7.79. The van der Waals surface area contributed by atoms with E-state index in [-0.39, 0.29) is 0 Å². The molecule has 5 nitrogen and oxygen atoms in total. The van der Waals surface area contributed by atoms with Gasteiger partial charge < -0.3 is 0 Å². The SMILES string of the molecule is c1ccc(-c2ccc3ccc4ccc(-c5ccc6ccc7c(-c8ccc(-c9cnc%10ccccc%10c9)nc8)ccc8ccc5c6c87)nc4c3n2)nc1. The zero-order valence-electron chi connectivity index (χ0n) is 27.8. The first-order valence-electron chi connectivity index (χ1n) is 17.4. The summed E-state index contributed by atoms with van der Waals surface area (Å²) in [5, 5.41) is 10.5. The molecule has 0 spiro atoms. The van der Waals surface area contributed by atoms with Crippen molar-refractivity contribution in [3.63, 3.8) is 0 Å². The summed E-state index contributed by atoms with van der Waals surface area (Å²) in [5.74, 6) is 0. The van der Waals surface area contributed by atoms with Crippen LogP contribution in [-0.2, 0) is 0 Å². The molecule has 0 aliphatic rings. The minimum absolute atomic E-state index is 0.835. The van der Waals surface area contributed by atoms with Crippen LogP contribution in [0.4, 0.5) is 0 Å². The Morgan fingerprint density at radius 2 is 0.962 bits per heavy atom. The molecule has 0 saturated heterocycles. The molecule has 0 aliphatic heterocycles. The van der Waals surface area contributed by atoms with E-state index in [1.165, 1.54) is 32.3 Å². The molecule has 0 aliphatic carbocycles. The second-order valence-corrected chi connectivity index (χ2v) is 13.3. The monoisotopic (exact) mass is 661 g/mol. The largest absolute Gasteiger partial charge is 0.256 e. The van der Waals surface area contributed by atoms with Gasteiger partial charge in [-0.15, -0.1) is 0 Å². The van der Waals surface area contributed by atoms with Crippen molar-refractivity contribution in [2.24, 2.45) is 0 Å². The van der Waals surface area contributed by atoms with E-state index in [1.54, 1.807) is 6.20 Å². The van der Waals surface area contributed by atoms with Crippen molar-refractivity contribution in [1.82, 2.24) is 24.9 Å². The molecule has 0 bridgehead atoms. The average molecular weight is 662 g/mol. The number of benzene rings is 6. The van der Waals surface area contributed by atoms with E-state index < -0.39 is 0 Å². The molecular formula is C47H27N5. The highest BCUT2D eigenvalue weighted by Gasteiger charge is 2.17. The van der Waals surface area contributed by atoms with Gasteiger partial charge in [-0.25, -0.2) is 9.97 Å². The summed E-state index contributed by atoms with van der Waals surface area (Å²) in [7, 11) is 0. The van der Waals surface area contributed by atoms with Crippen molar-refractivity contribution < 1.29 is 0 Å². The quantitative estimate of drug-likeness (QED) is 0.176. The highest BCUT2D eigenvalue weighted by molar-refractivity contribution is 6.27. The molecule has 0 N–H and O–H groups in total. The Hall–Kier alpha value is -7.11. The smallest absolute Gasteiger partial charge is 0.0973 e. The van der Waals surface area contributed by atoms with Gasteiger partial charge in [0.05, 0.1) is 39.3 Å². The summed E-state index contributed by atoms with van der Waals surface area (Å²) < 4.78 is 0. The number of hydrogen-bond acceptors (Lipinski definition) is 5. The number of hydrogen-bond donors (Lipinski definition) is 0. The fraction of sp³-hybridized carbons (Fsp3) is 0. The van der Waals surface area contributed by atoms with Crippen LogP contribution in [0.3, 0.4) is 0 Å². The second-order valence-electron chi connectivity index (χ2n) is 13.3. The van der Waals surface area contributed by atoms with Crippen molar-refractivity contribution >= 4 is 65.0 Å². The fourth-order valence-electron chi connectivity index (χ4n) is 7.79. The van der Waals surface area contributed by atoms with Crippen LogP contribution in [0, 0.1) is 0 Å². The molecular weight excluding hydrogens is 635 g/mol. The number of nitrogens with zero attached hydrogens (tertiary/aromatic N) is 5. The van der Waals surface area contributed by atoms with Gasteiger partial charge in [-0.2, -0.15) is 0 Å². The Balaban J connectivity index is 1.05. The zero-order chi connectivity index (χ0) is 34.2. The summed E-state index contributed by atoms with van der Waals surface area (Å²) in [6.45, 7) is 0. The first-order chi connectivity index (χ1) is 25.7. The van der Waals surface area contributed by atoms with Crippen LogP contribution in [0.1, 0.15) is 0 Å². The van der Waals surface area contributed by atoms with Crippen molar-refractivity contribution in [2.75, 3.05) is 0 Å². The van der Waals surface area contributed by atoms with Gasteiger partial charge in [0.25, 0.3) is 0 Å². The van der Waals surface area contributed by atoms with E-state index in [2.05, 4.69) is 113 Å². The maximum Gasteiger partial charge on any atom is 0.0973 e. The number of pyridine rings is 5. The molecule has 52 heavy (non-hydrogen) atoms. The van der Waals surface area contributed by atoms with E-state index in [0.29, 0.717) is 0 Å². The molecule has 5 heterocycles.